The smallest absolute Gasteiger partial charge is 0.108 e. The average Bonchev–Trinajstić information content (AvgIpc) is 2.61. The Morgan fingerprint density at radius 2 is 2.36 bits per heavy atom. The lowest BCUT2D eigenvalue weighted by molar-refractivity contribution is 0.502. The molecule has 0 fully saturated rings. The Hall–Kier alpha value is -1.02. The lowest BCUT2D eigenvalue weighted by atomic mass is 10.0. The van der Waals surface area contributed by atoms with Gasteiger partial charge in [-0.05, 0) is 25.8 Å². The molecule has 0 aromatic carbocycles. The first kappa shape index (κ1) is 11.1. The summed E-state index contributed by atoms with van der Waals surface area (Å²) in [4.78, 5) is 0. The van der Waals surface area contributed by atoms with Crippen molar-refractivity contribution in [3.05, 3.63) is 35.8 Å². The van der Waals surface area contributed by atoms with Crippen LogP contribution in [-0.2, 0) is 6.42 Å². The summed E-state index contributed by atoms with van der Waals surface area (Å²) >= 11 is 0. The van der Waals surface area contributed by atoms with Gasteiger partial charge >= 0.3 is 0 Å². The van der Waals surface area contributed by atoms with Crippen LogP contribution in [-0.4, -0.2) is 0 Å². The number of hydrogen-bond acceptors (Lipinski definition) is 2. The third kappa shape index (κ3) is 2.74. The van der Waals surface area contributed by atoms with E-state index >= 15 is 0 Å². The van der Waals surface area contributed by atoms with Crippen LogP contribution in [0.1, 0.15) is 44.1 Å². The quantitative estimate of drug-likeness (QED) is 0.729. The lowest BCUT2D eigenvalue weighted by Crippen LogP contribution is -2.11. The van der Waals surface area contributed by atoms with Crippen LogP contribution in [0.2, 0.25) is 0 Å². The molecule has 0 bridgehead atoms. The predicted molar refractivity (Wildman–Crippen MR) is 59.1 cm³/mol. The molecule has 0 saturated heterocycles. The molecule has 2 nitrogen and oxygen atoms in total. The molecular formula is C12H19NO. The average molecular weight is 193 g/mol. The van der Waals surface area contributed by atoms with E-state index in [4.69, 9.17) is 10.2 Å². The van der Waals surface area contributed by atoms with E-state index in [1.165, 1.54) is 5.57 Å². The number of rotatable bonds is 5. The molecule has 78 valence electrons. The molecule has 1 aromatic heterocycles. The van der Waals surface area contributed by atoms with Crippen molar-refractivity contribution in [1.29, 1.82) is 0 Å². The van der Waals surface area contributed by atoms with Gasteiger partial charge in [0, 0.05) is 18.0 Å². The molecule has 1 aromatic rings. The first-order chi connectivity index (χ1) is 6.65. The van der Waals surface area contributed by atoms with Gasteiger partial charge in [-0.2, -0.15) is 0 Å². The number of furan rings is 1. The highest BCUT2D eigenvalue weighted by molar-refractivity contribution is 5.21. The number of allylic oxidation sites excluding steroid dienone is 1. The molecule has 2 N–H and O–H groups in total. The van der Waals surface area contributed by atoms with Crippen LogP contribution in [0.4, 0.5) is 0 Å². The second-order valence-electron chi connectivity index (χ2n) is 3.75. The van der Waals surface area contributed by atoms with E-state index in [9.17, 15) is 0 Å². The van der Waals surface area contributed by atoms with Gasteiger partial charge in [0.2, 0.25) is 0 Å². The monoisotopic (exact) mass is 193 g/mol. The van der Waals surface area contributed by atoms with Crippen LogP contribution in [0.25, 0.3) is 0 Å². The minimum Gasteiger partial charge on any atom is -0.469 e. The largest absolute Gasteiger partial charge is 0.469 e. The summed E-state index contributed by atoms with van der Waals surface area (Å²) in [7, 11) is 0. The Kier molecular flexibility index (Phi) is 3.96. The summed E-state index contributed by atoms with van der Waals surface area (Å²) in [5.74, 6) is 1.01. The summed E-state index contributed by atoms with van der Waals surface area (Å²) < 4.78 is 5.34. The van der Waals surface area contributed by atoms with Crippen LogP contribution in [0.3, 0.4) is 0 Å². The molecule has 0 radical (unpaired) electrons. The molecular weight excluding hydrogens is 174 g/mol. The van der Waals surface area contributed by atoms with E-state index in [-0.39, 0.29) is 6.04 Å². The SMILES string of the molecule is C=C(C)CCC(N)c1ccoc1CC. The van der Waals surface area contributed by atoms with Crippen LogP contribution in [0.5, 0.6) is 0 Å². The van der Waals surface area contributed by atoms with E-state index in [2.05, 4.69) is 13.5 Å². The fourth-order valence-corrected chi connectivity index (χ4v) is 1.53. The van der Waals surface area contributed by atoms with Gasteiger partial charge in [0.25, 0.3) is 0 Å². The van der Waals surface area contributed by atoms with Crippen molar-refractivity contribution in [1.82, 2.24) is 0 Å². The van der Waals surface area contributed by atoms with Crippen molar-refractivity contribution in [3.8, 4) is 0 Å². The zero-order valence-corrected chi connectivity index (χ0v) is 9.05. The molecule has 1 heterocycles. The van der Waals surface area contributed by atoms with E-state index in [1.807, 2.05) is 13.0 Å². The zero-order chi connectivity index (χ0) is 10.6. The van der Waals surface area contributed by atoms with Gasteiger partial charge < -0.3 is 10.2 Å². The summed E-state index contributed by atoms with van der Waals surface area (Å²) in [6.45, 7) is 7.98. The summed E-state index contributed by atoms with van der Waals surface area (Å²) in [5.41, 5.74) is 8.39. The van der Waals surface area contributed by atoms with E-state index in [0.29, 0.717) is 0 Å². The maximum Gasteiger partial charge on any atom is 0.108 e. The predicted octanol–water partition coefficient (Wildman–Crippen LogP) is 3.20. The molecule has 0 aliphatic carbocycles. The molecule has 0 amide bonds. The third-order valence-corrected chi connectivity index (χ3v) is 2.38. The van der Waals surface area contributed by atoms with Crippen molar-refractivity contribution in [3.63, 3.8) is 0 Å². The summed E-state index contributed by atoms with van der Waals surface area (Å²) in [6, 6.07) is 2.06. The minimum atomic E-state index is 0.0837. The molecule has 1 rings (SSSR count). The van der Waals surface area contributed by atoms with Crippen molar-refractivity contribution in [2.45, 2.75) is 39.2 Å². The van der Waals surface area contributed by atoms with Crippen molar-refractivity contribution in [2.75, 3.05) is 0 Å². The van der Waals surface area contributed by atoms with Gasteiger partial charge in [-0.15, -0.1) is 6.58 Å². The zero-order valence-electron chi connectivity index (χ0n) is 9.05. The van der Waals surface area contributed by atoms with E-state index in [1.54, 1.807) is 6.26 Å². The van der Waals surface area contributed by atoms with E-state index in [0.717, 1.165) is 30.6 Å². The second-order valence-corrected chi connectivity index (χ2v) is 3.75. The Balaban J connectivity index is 2.59. The van der Waals surface area contributed by atoms with Gasteiger partial charge in [-0.1, -0.05) is 12.5 Å². The number of aryl methyl sites for hydroxylation is 1. The lowest BCUT2D eigenvalue weighted by Gasteiger charge is -2.10. The Labute approximate surface area is 85.8 Å². The highest BCUT2D eigenvalue weighted by Gasteiger charge is 2.12. The van der Waals surface area contributed by atoms with Gasteiger partial charge in [0.15, 0.2) is 0 Å². The molecule has 2 heteroatoms. The highest BCUT2D eigenvalue weighted by Crippen LogP contribution is 2.22. The normalized spacial score (nSPS) is 12.8. The molecule has 1 unspecified atom stereocenters. The topological polar surface area (TPSA) is 39.2 Å². The molecule has 1 atom stereocenters. The van der Waals surface area contributed by atoms with E-state index < -0.39 is 0 Å². The maximum absolute atomic E-state index is 6.06. The van der Waals surface area contributed by atoms with Gasteiger partial charge in [-0.25, -0.2) is 0 Å². The molecule has 14 heavy (non-hydrogen) atoms. The summed E-state index contributed by atoms with van der Waals surface area (Å²) in [5, 5.41) is 0. The van der Waals surface area contributed by atoms with Crippen molar-refractivity contribution >= 4 is 0 Å². The first-order valence-corrected chi connectivity index (χ1v) is 5.11. The fraction of sp³-hybridized carbons (Fsp3) is 0.500. The molecule has 0 aliphatic heterocycles. The van der Waals surface area contributed by atoms with Gasteiger partial charge in [-0.3, -0.25) is 0 Å². The van der Waals surface area contributed by atoms with Gasteiger partial charge in [0.1, 0.15) is 5.76 Å². The third-order valence-electron chi connectivity index (χ3n) is 2.38. The second kappa shape index (κ2) is 5.01. The van der Waals surface area contributed by atoms with Crippen molar-refractivity contribution in [2.24, 2.45) is 5.73 Å². The molecule has 0 spiro atoms. The van der Waals surface area contributed by atoms with Gasteiger partial charge in [0.05, 0.1) is 6.26 Å². The van der Waals surface area contributed by atoms with Crippen LogP contribution >= 0.6 is 0 Å². The summed E-state index contributed by atoms with van der Waals surface area (Å²) in [6.07, 6.45) is 4.55. The Morgan fingerprint density at radius 3 is 2.93 bits per heavy atom. The standard InChI is InChI=1S/C12H19NO/c1-4-12-10(7-8-14-12)11(13)6-5-9(2)3/h7-8,11H,2,4-6,13H2,1,3H3. The maximum atomic E-state index is 6.06. The Bertz CT molecular complexity index is 301. The van der Waals surface area contributed by atoms with Crippen molar-refractivity contribution < 1.29 is 4.42 Å². The number of hydrogen-bond donors (Lipinski definition) is 1. The van der Waals surface area contributed by atoms with Crippen LogP contribution < -0.4 is 5.73 Å². The fourth-order valence-electron chi connectivity index (χ4n) is 1.53. The highest BCUT2D eigenvalue weighted by atomic mass is 16.3. The first-order valence-electron chi connectivity index (χ1n) is 5.11. The number of nitrogens with two attached hydrogens (primary N) is 1. The van der Waals surface area contributed by atoms with Crippen LogP contribution in [0, 0.1) is 0 Å². The molecule has 0 aliphatic rings. The Morgan fingerprint density at radius 1 is 1.64 bits per heavy atom. The van der Waals surface area contributed by atoms with Crippen LogP contribution in [0.15, 0.2) is 28.9 Å². The molecule has 0 saturated carbocycles. The minimum absolute atomic E-state index is 0.0837.